The molecule has 0 radical (unpaired) electrons. The second-order valence-electron chi connectivity index (χ2n) is 6.18. The summed E-state index contributed by atoms with van der Waals surface area (Å²) in [6.07, 6.45) is 4.36. The van der Waals surface area contributed by atoms with Crippen LogP contribution in [-0.4, -0.2) is 22.6 Å². The van der Waals surface area contributed by atoms with E-state index in [9.17, 15) is 4.79 Å². The Morgan fingerprint density at radius 1 is 1.33 bits per heavy atom. The lowest BCUT2D eigenvalue weighted by molar-refractivity contribution is -0.121. The van der Waals surface area contributed by atoms with Crippen LogP contribution < -0.4 is 10.6 Å². The SMILES string of the molecule is CC(C)NCc1cn(CC(=O)NC2CC2)c2ccccc12. The van der Waals surface area contributed by atoms with Crippen molar-refractivity contribution in [2.24, 2.45) is 0 Å². The molecule has 0 spiro atoms. The first-order valence-electron chi connectivity index (χ1n) is 7.73. The van der Waals surface area contributed by atoms with Gasteiger partial charge >= 0.3 is 0 Å². The zero-order chi connectivity index (χ0) is 14.8. The van der Waals surface area contributed by atoms with Gasteiger partial charge in [0.15, 0.2) is 0 Å². The van der Waals surface area contributed by atoms with Gasteiger partial charge in [-0.2, -0.15) is 0 Å². The zero-order valence-corrected chi connectivity index (χ0v) is 12.7. The highest BCUT2D eigenvalue weighted by Gasteiger charge is 2.23. The Bertz CT molecular complexity index is 641. The van der Waals surface area contributed by atoms with Crippen LogP contribution in [0.4, 0.5) is 0 Å². The molecule has 1 amide bonds. The normalized spacial score (nSPS) is 14.8. The smallest absolute Gasteiger partial charge is 0.240 e. The predicted octanol–water partition coefficient (Wildman–Crippen LogP) is 2.42. The third kappa shape index (κ3) is 3.45. The Morgan fingerprint density at radius 2 is 2.10 bits per heavy atom. The lowest BCUT2D eigenvalue weighted by atomic mass is 10.2. The van der Waals surface area contributed by atoms with Gasteiger partial charge in [0.05, 0.1) is 0 Å². The van der Waals surface area contributed by atoms with Crippen molar-refractivity contribution in [1.82, 2.24) is 15.2 Å². The molecule has 0 atom stereocenters. The van der Waals surface area contributed by atoms with Crippen molar-refractivity contribution in [1.29, 1.82) is 0 Å². The molecule has 1 aliphatic carbocycles. The molecule has 1 aromatic heterocycles. The molecule has 1 heterocycles. The van der Waals surface area contributed by atoms with Crippen LogP contribution in [-0.2, 0) is 17.9 Å². The van der Waals surface area contributed by atoms with Crippen LogP contribution in [0.2, 0.25) is 0 Å². The maximum absolute atomic E-state index is 12.0. The number of hydrogen-bond donors (Lipinski definition) is 2. The number of rotatable bonds is 6. The summed E-state index contributed by atoms with van der Waals surface area (Å²) in [5.74, 6) is 0.113. The maximum atomic E-state index is 12.0. The van der Waals surface area contributed by atoms with E-state index in [4.69, 9.17) is 0 Å². The molecule has 4 heteroatoms. The van der Waals surface area contributed by atoms with Gasteiger partial charge in [0.1, 0.15) is 6.54 Å². The van der Waals surface area contributed by atoms with Crippen LogP contribution in [0.5, 0.6) is 0 Å². The number of amides is 1. The molecule has 2 N–H and O–H groups in total. The molecule has 1 aliphatic rings. The van der Waals surface area contributed by atoms with Crippen molar-refractivity contribution in [2.45, 2.75) is 51.9 Å². The summed E-state index contributed by atoms with van der Waals surface area (Å²) in [6.45, 7) is 5.51. The molecule has 0 saturated heterocycles. The topological polar surface area (TPSA) is 46.1 Å². The van der Waals surface area contributed by atoms with E-state index in [-0.39, 0.29) is 5.91 Å². The highest BCUT2D eigenvalue weighted by molar-refractivity contribution is 5.86. The van der Waals surface area contributed by atoms with E-state index < -0.39 is 0 Å². The Morgan fingerprint density at radius 3 is 2.81 bits per heavy atom. The largest absolute Gasteiger partial charge is 0.352 e. The molecule has 112 valence electrons. The van der Waals surface area contributed by atoms with Crippen molar-refractivity contribution < 1.29 is 4.79 Å². The summed E-state index contributed by atoms with van der Waals surface area (Å²) in [5.41, 5.74) is 2.38. The second-order valence-corrected chi connectivity index (χ2v) is 6.18. The Balaban J connectivity index is 1.81. The summed E-state index contributed by atoms with van der Waals surface area (Å²) in [5, 5.41) is 7.73. The maximum Gasteiger partial charge on any atom is 0.240 e. The van der Waals surface area contributed by atoms with Crippen molar-refractivity contribution in [3.8, 4) is 0 Å². The average Bonchev–Trinajstić information content (AvgIpc) is 3.19. The van der Waals surface area contributed by atoms with Crippen molar-refractivity contribution >= 4 is 16.8 Å². The van der Waals surface area contributed by atoms with Gasteiger partial charge in [0.2, 0.25) is 5.91 Å². The molecule has 1 fully saturated rings. The third-order valence-corrected chi connectivity index (χ3v) is 3.83. The summed E-state index contributed by atoms with van der Waals surface area (Å²) in [6, 6.07) is 9.15. The van der Waals surface area contributed by atoms with Crippen LogP contribution in [0.15, 0.2) is 30.5 Å². The van der Waals surface area contributed by atoms with E-state index in [1.807, 2.05) is 6.07 Å². The monoisotopic (exact) mass is 285 g/mol. The van der Waals surface area contributed by atoms with Crippen LogP contribution in [0.1, 0.15) is 32.3 Å². The van der Waals surface area contributed by atoms with Crippen molar-refractivity contribution in [3.63, 3.8) is 0 Å². The minimum atomic E-state index is 0.113. The van der Waals surface area contributed by atoms with Gasteiger partial charge in [0.25, 0.3) is 0 Å². The molecule has 3 rings (SSSR count). The minimum Gasteiger partial charge on any atom is -0.352 e. The lowest BCUT2D eigenvalue weighted by Gasteiger charge is -2.06. The first-order chi connectivity index (χ1) is 10.1. The molecule has 0 unspecified atom stereocenters. The number of nitrogens with one attached hydrogen (secondary N) is 2. The van der Waals surface area contributed by atoms with Crippen LogP contribution in [0, 0.1) is 0 Å². The first-order valence-corrected chi connectivity index (χ1v) is 7.73. The number of para-hydroxylation sites is 1. The molecule has 2 aromatic rings. The number of benzene rings is 1. The van der Waals surface area contributed by atoms with Gasteiger partial charge in [-0.1, -0.05) is 32.0 Å². The fourth-order valence-corrected chi connectivity index (χ4v) is 2.56. The number of fused-ring (bicyclic) bond motifs is 1. The predicted molar refractivity (Wildman–Crippen MR) is 85.1 cm³/mol. The molecule has 21 heavy (non-hydrogen) atoms. The fourth-order valence-electron chi connectivity index (χ4n) is 2.56. The molecule has 0 bridgehead atoms. The van der Waals surface area contributed by atoms with Gasteiger partial charge in [-0.25, -0.2) is 0 Å². The zero-order valence-electron chi connectivity index (χ0n) is 12.7. The summed E-state index contributed by atoms with van der Waals surface area (Å²) in [7, 11) is 0. The molecule has 4 nitrogen and oxygen atoms in total. The van der Waals surface area contributed by atoms with Gasteiger partial charge in [-0.15, -0.1) is 0 Å². The Labute approximate surface area is 125 Å². The average molecular weight is 285 g/mol. The quantitative estimate of drug-likeness (QED) is 0.856. The third-order valence-electron chi connectivity index (χ3n) is 3.83. The molecule has 1 saturated carbocycles. The highest BCUT2D eigenvalue weighted by Crippen LogP contribution is 2.22. The number of nitrogens with zero attached hydrogens (tertiary/aromatic N) is 1. The summed E-state index contributed by atoms with van der Waals surface area (Å²) in [4.78, 5) is 12.0. The van der Waals surface area contributed by atoms with E-state index in [0.29, 0.717) is 18.6 Å². The van der Waals surface area contributed by atoms with Crippen molar-refractivity contribution in [3.05, 3.63) is 36.0 Å². The van der Waals surface area contributed by atoms with E-state index in [1.165, 1.54) is 10.9 Å². The van der Waals surface area contributed by atoms with E-state index in [0.717, 1.165) is 24.9 Å². The Hall–Kier alpha value is -1.81. The van der Waals surface area contributed by atoms with Gasteiger partial charge in [-0.3, -0.25) is 4.79 Å². The van der Waals surface area contributed by atoms with E-state index in [1.54, 1.807) is 0 Å². The molecular formula is C17H23N3O. The second kappa shape index (κ2) is 5.90. The number of carbonyl (C=O) groups is 1. The van der Waals surface area contributed by atoms with E-state index in [2.05, 4.69) is 53.4 Å². The molecular weight excluding hydrogens is 262 g/mol. The van der Waals surface area contributed by atoms with Gasteiger partial charge in [-0.05, 0) is 24.5 Å². The summed E-state index contributed by atoms with van der Waals surface area (Å²) < 4.78 is 2.06. The van der Waals surface area contributed by atoms with Crippen LogP contribution >= 0.6 is 0 Å². The highest BCUT2D eigenvalue weighted by atomic mass is 16.2. The Kier molecular flexibility index (Phi) is 3.97. The van der Waals surface area contributed by atoms with Crippen LogP contribution in [0.25, 0.3) is 10.9 Å². The number of carbonyl (C=O) groups excluding carboxylic acids is 1. The van der Waals surface area contributed by atoms with E-state index >= 15 is 0 Å². The molecule has 1 aromatic carbocycles. The lowest BCUT2D eigenvalue weighted by Crippen LogP contribution is -2.29. The standard InChI is InChI=1S/C17H23N3O/c1-12(2)18-9-13-10-20(11-17(21)19-14-7-8-14)16-6-4-3-5-15(13)16/h3-6,10,12,14,18H,7-9,11H2,1-2H3,(H,19,21). The minimum absolute atomic E-state index is 0.113. The number of aromatic nitrogens is 1. The summed E-state index contributed by atoms with van der Waals surface area (Å²) >= 11 is 0. The van der Waals surface area contributed by atoms with Crippen LogP contribution in [0.3, 0.4) is 0 Å². The first kappa shape index (κ1) is 14.1. The van der Waals surface area contributed by atoms with Crippen molar-refractivity contribution in [2.75, 3.05) is 0 Å². The number of hydrogen-bond acceptors (Lipinski definition) is 2. The molecule has 0 aliphatic heterocycles. The fraction of sp³-hybridized carbons (Fsp3) is 0.471. The van der Waals surface area contributed by atoms with Gasteiger partial charge < -0.3 is 15.2 Å². The van der Waals surface area contributed by atoms with Gasteiger partial charge in [0, 0.05) is 35.7 Å².